The number of hydrogen-bond acceptors (Lipinski definition) is 6. The normalized spacial score (nSPS) is 17.5. The monoisotopic (exact) mass is 548 g/mol. The molecule has 0 saturated heterocycles. The van der Waals surface area contributed by atoms with E-state index in [1.165, 1.54) is 22.9 Å². The van der Waals surface area contributed by atoms with E-state index in [0.717, 1.165) is 36.1 Å². The zero-order chi connectivity index (χ0) is 26.2. The third-order valence-corrected chi connectivity index (χ3v) is 7.88. The molecule has 5 aromatic rings. The second-order valence-electron chi connectivity index (χ2n) is 9.19. The summed E-state index contributed by atoms with van der Waals surface area (Å²) in [5.41, 5.74) is 1.51. The number of thiazole rings is 1. The molecule has 1 aliphatic rings. The highest BCUT2D eigenvalue weighted by Gasteiger charge is 2.29. The molecule has 0 unspecified atom stereocenters. The van der Waals surface area contributed by atoms with Crippen LogP contribution in [0.3, 0.4) is 0 Å². The average molecular weight is 549 g/mol. The number of rotatable bonds is 5. The van der Waals surface area contributed by atoms with Gasteiger partial charge in [0.05, 0.1) is 23.5 Å². The van der Waals surface area contributed by atoms with Crippen LogP contribution in [0, 0.1) is 5.82 Å². The highest BCUT2D eigenvalue weighted by Crippen LogP contribution is 2.37. The number of nitrogens with zero attached hydrogens (tertiary/aromatic N) is 5. The highest BCUT2D eigenvalue weighted by molar-refractivity contribution is 7.17. The Hall–Kier alpha value is -3.89. The molecule has 0 bridgehead atoms. The first kappa shape index (κ1) is 24.4. The van der Waals surface area contributed by atoms with Gasteiger partial charge in [0.2, 0.25) is 0 Å². The smallest absolute Gasteiger partial charge is 0.280 e. The van der Waals surface area contributed by atoms with Crippen molar-refractivity contribution in [2.24, 2.45) is 0 Å². The van der Waals surface area contributed by atoms with Gasteiger partial charge >= 0.3 is 0 Å². The van der Waals surface area contributed by atoms with Gasteiger partial charge in [-0.3, -0.25) is 14.2 Å². The fraction of sp³-hybridized carbons (Fsp3) is 0.222. The maximum Gasteiger partial charge on any atom is 0.280 e. The molecular formula is C27H22ClFN6O2S. The summed E-state index contributed by atoms with van der Waals surface area (Å²) in [7, 11) is 0. The molecule has 0 spiro atoms. The zero-order valence-electron chi connectivity index (χ0n) is 20.1. The van der Waals surface area contributed by atoms with Crippen LogP contribution >= 0.6 is 22.9 Å². The van der Waals surface area contributed by atoms with Crippen LogP contribution in [0.5, 0.6) is 0 Å². The van der Waals surface area contributed by atoms with Crippen LogP contribution in [-0.4, -0.2) is 36.0 Å². The van der Waals surface area contributed by atoms with Crippen molar-refractivity contribution in [1.29, 1.82) is 0 Å². The summed E-state index contributed by atoms with van der Waals surface area (Å²) >= 11 is 7.09. The minimum absolute atomic E-state index is 0.0729. The maximum absolute atomic E-state index is 15.0. The molecule has 11 heteroatoms. The molecule has 6 rings (SSSR count). The van der Waals surface area contributed by atoms with Crippen molar-refractivity contribution in [2.75, 3.05) is 0 Å². The van der Waals surface area contributed by atoms with Crippen LogP contribution in [0.2, 0.25) is 4.34 Å². The Labute approximate surface area is 225 Å². The van der Waals surface area contributed by atoms with E-state index >= 15 is 0 Å². The third-order valence-electron chi connectivity index (χ3n) is 6.76. The molecule has 1 saturated carbocycles. The number of nitrogens with one attached hydrogen (secondary N) is 1. The van der Waals surface area contributed by atoms with Crippen LogP contribution in [0.1, 0.15) is 41.5 Å². The molecule has 4 aromatic heterocycles. The van der Waals surface area contributed by atoms with E-state index in [2.05, 4.69) is 15.3 Å². The molecular weight excluding hydrogens is 527 g/mol. The summed E-state index contributed by atoms with van der Waals surface area (Å²) in [5.74, 6) is 0.303. The fourth-order valence-corrected chi connectivity index (χ4v) is 5.89. The Bertz CT molecular complexity index is 1710. The lowest BCUT2D eigenvalue weighted by Crippen LogP contribution is -2.39. The average Bonchev–Trinajstić information content (AvgIpc) is 3.53. The van der Waals surface area contributed by atoms with Gasteiger partial charge in [0, 0.05) is 30.4 Å². The van der Waals surface area contributed by atoms with Crippen molar-refractivity contribution in [1.82, 2.24) is 29.4 Å². The Morgan fingerprint density at radius 1 is 1.11 bits per heavy atom. The van der Waals surface area contributed by atoms with E-state index in [4.69, 9.17) is 16.6 Å². The zero-order valence-corrected chi connectivity index (χ0v) is 21.6. The Balaban J connectivity index is 1.42. The van der Waals surface area contributed by atoms with E-state index < -0.39 is 0 Å². The SMILES string of the molecule is O=C(N[C@H]1CCC[C@@H](n2c(-c3ccccc3F)nc3cnc(-n4ccccc4=O)cc32)C1)c1ncc(Cl)s1. The standard InChI is InChI=1S/C27H22ClFN6O2S/c28-22-15-31-27(38-22)26(37)32-16-6-5-7-17(12-16)35-21-13-23(34-11-4-3-10-24(34)36)30-14-20(21)33-25(35)18-8-1-2-9-19(18)29/h1-4,8-11,13-17H,5-7,12H2,(H,32,37)/t16-,17+/m0/s1. The van der Waals surface area contributed by atoms with E-state index in [1.54, 1.807) is 42.7 Å². The molecule has 4 heterocycles. The molecule has 0 aliphatic heterocycles. The van der Waals surface area contributed by atoms with Crippen LogP contribution < -0.4 is 10.9 Å². The number of carbonyl (C=O) groups excluding carboxylic acids is 1. The van der Waals surface area contributed by atoms with E-state index in [1.807, 2.05) is 10.6 Å². The van der Waals surface area contributed by atoms with Gasteiger partial charge < -0.3 is 9.88 Å². The molecule has 192 valence electrons. The molecule has 1 N–H and O–H groups in total. The molecule has 1 amide bonds. The van der Waals surface area contributed by atoms with Crippen LogP contribution in [0.4, 0.5) is 4.39 Å². The van der Waals surface area contributed by atoms with Gasteiger partial charge in [-0.1, -0.05) is 41.1 Å². The first-order valence-corrected chi connectivity index (χ1v) is 13.4. The number of imidazole rings is 1. The Morgan fingerprint density at radius 3 is 2.74 bits per heavy atom. The van der Waals surface area contributed by atoms with Gasteiger partial charge in [-0.25, -0.2) is 19.3 Å². The predicted octanol–water partition coefficient (Wildman–Crippen LogP) is 5.41. The van der Waals surface area contributed by atoms with Crippen LogP contribution in [-0.2, 0) is 0 Å². The maximum atomic E-state index is 15.0. The number of halogens is 2. The second kappa shape index (κ2) is 10.1. The molecule has 8 nitrogen and oxygen atoms in total. The molecule has 1 aliphatic carbocycles. The first-order valence-electron chi connectivity index (χ1n) is 12.2. The highest BCUT2D eigenvalue weighted by atomic mass is 35.5. The number of fused-ring (bicyclic) bond motifs is 1. The lowest BCUT2D eigenvalue weighted by molar-refractivity contribution is 0.0920. The van der Waals surface area contributed by atoms with E-state index in [0.29, 0.717) is 38.5 Å². The summed E-state index contributed by atoms with van der Waals surface area (Å²) < 4.78 is 18.9. The van der Waals surface area contributed by atoms with Crippen LogP contribution in [0.15, 0.2) is 71.9 Å². The van der Waals surface area contributed by atoms with Gasteiger partial charge in [-0.15, -0.1) is 0 Å². The Kier molecular flexibility index (Phi) is 6.50. The van der Waals surface area contributed by atoms with E-state index in [9.17, 15) is 14.0 Å². The predicted molar refractivity (Wildman–Crippen MR) is 144 cm³/mol. The third kappa shape index (κ3) is 4.61. The van der Waals surface area contributed by atoms with Crippen molar-refractivity contribution in [3.8, 4) is 17.2 Å². The Morgan fingerprint density at radius 2 is 1.95 bits per heavy atom. The van der Waals surface area contributed by atoms with Crippen LogP contribution in [0.25, 0.3) is 28.2 Å². The number of aromatic nitrogens is 5. The number of hydrogen-bond donors (Lipinski definition) is 1. The summed E-state index contributed by atoms with van der Waals surface area (Å²) in [5, 5.41) is 3.41. The minimum atomic E-state index is -0.377. The number of pyridine rings is 2. The van der Waals surface area contributed by atoms with Gasteiger partial charge in [-0.2, -0.15) is 0 Å². The van der Waals surface area contributed by atoms with Crippen molar-refractivity contribution >= 4 is 39.9 Å². The summed E-state index contributed by atoms with van der Waals surface area (Å²) in [6.45, 7) is 0. The lowest BCUT2D eigenvalue weighted by Gasteiger charge is -2.32. The van der Waals surface area contributed by atoms with E-state index in [-0.39, 0.29) is 29.4 Å². The quantitative estimate of drug-likeness (QED) is 0.317. The lowest BCUT2D eigenvalue weighted by atomic mass is 9.90. The molecule has 0 radical (unpaired) electrons. The van der Waals surface area contributed by atoms with Gasteiger partial charge in [0.1, 0.15) is 27.3 Å². The van der Waals surface area contributed by atoms with Crippen molar-refractivity contribution in [2.45, 2.75) is 37.8 Å². The summed E-state index contributed by atoms with van der Waals surface area (Å²) in [6.07, 6.45) is 7.86. The number of carbonyl (C=O) groups is 1. The number of amides is 1. The summed E-state index contributed by atoms with van der Waals surface area (Å²) in [6, 6.07) is 13.1. The topological polar surface area (TPSA) is 94.7 Å². The summed E-state index contributed by atoms with van der Waals surface area (Å²) in [4.78, 5) is 38.6. The van der Waals surface area contributed by atoms with Crippen molar-refractivity contribution < 1.29 is 9.18 Å². The largest absolute Gasteiger partial charge is 0.347 e. The fourth-order valence-electron chi connectivity index (χ4n) is 5.07. The molecule has 2 atom stereocenters. The van der Waals surface area contributed by atoms with Crippen molar-refractivity contribution in [3.63, 3.8) is 0 Å². The minimum Gasteiger partial charge on any atom is -0.347 e. The molecule has 1 aromatic carbocycles. The second-order valence-corrected chi connectivity index (χ2v) is 10.8. The number of benzene rings is 1. The first-order chi connectivity index (χ1) is 18.5. The van der Waals surface area contributed by atoms with Gasteiger partial charge in [0.25, 0.3) is 11.5 Å². The van der Waals surface area contributed by atoms with Crippen molar-refractivity contribution in [3.05, 3.63) is 92.6 Å². The van der Waals surface area contributed by atoms with Gasteiger partial charge in [0.15, 0.2) is 5.01 Å². The van der Waals surface area contributed by atoms with Gasteiger partial charge in [-0.05, 0) is 43.9 Å². The molecule has 38 heavy (non-hydrogen) atoms. The molecule has 1 fully saturated rings.